The molecule has 1 N–H and O–H groups in total. The maximum atomic E-state index is 5.85. The molecule has 0 amide bonds. The third kappa shape index (κ3) is 2.90. The molecule has 5 heteroatoms. The Kier molecular flexibility index (Phi) is 4.40. The summed E-state index contributed by atoms with van der Waals surface area (Å²) in [4.78, 5) is 9.59. The summed E-state index contributed by atoms with van der Waals surface area (Å²) in [5.74, 6) is 2.29. The summed E-state index contributed by atoms with van der Waals surface area (Å²) in [6, 6.07) is 2.10. The maximum Gasteiger partial charge on any atom is 0.163 e. The van der Waals surface area contributed by atoms with Gasteiger partial charge in [0.25, 0.3) is 0 Å². The maximum absolute atomic E-state index is 5.85. The fourth-order valence-corrected chi connectivity index (χ4v) is 3.45. The molecule has 0 aromatic carbocycles. The topological polar surface area (TPSA) is 56.3 Å². The van der Waals surface area contributed by atoms with Gasteiger partial charge >= 0.3 is 0 Å². The van der Waals surface area contributed by atoms with Crippen LogP contribution in [0, 0.1) is 0 Å². The highest BCUT2D eigenvalue weighted by Crippen LogP contribution is 2.37. The predicted octanol–water partition coefficient (Wildman–Crippen LogP) is 2.83. The van der Waals surface area contributed by atoms with E-state index in [9.17, 15) is 0 Å². The molecule has 5 nitrogen and oxygen atoms in total. The molecule has 1 saturated heterocycles. The normalized spacial score (nSPS) is 22.4. The van der Waals surface area contributed by atoms with Gasteiger partial charge in [0.05, 0.1) is 0 Å². The van der Waals surface area contributed by atoms with E-state index in [0.29, 0.717) is 19.1 Å². The van der Waals surface area contributed by atoms with Crippen LogP contribution in [0.25, 0.3) is 0 Å². The average Bonchev–Trinajstić information content (AvgIpc) is 3.09. The van der Waals surface area contributed by atoms with Crippen molar-refractivity contribution in [1.82, 2.24) is 9.97 Å². The third-order valence-corrected chi connectivity index (χ3v) is 4.87. The van der Waals surface area contributed by atoms with E-state index in [2.05, 4.69) is 16.4 Å². The fourth-order valence-electron chi connectivity index (χ4n) is 3.45. The fraction of sp³-hybridized carbons (Fsp3) is 0.750. The number of ether oxygens (including phenoxy) is 2. The summed E-state index contributed by atoms with van der Waals surface area (Å²) in [6.07, 6.45) is 6.73. The van der Waals surface area contributed by atoms with Gasteiger partial charge in [0.15, 0.2) is 5.82 Å². The van der Waals surface area contributed by atoms with Crippen LogP contribution < -0.4 is 5.32 Å². The third-order valence-electron chi connectivity index (χ3n) is 4.87. The molecule has 0 spiro atoms. The largest absolute Gasteiger partial charge is 0.381 e. The van der Waals surface area contributed by atoms with Gasteiger partial charge in [-0.2, -0.15) is 0 Å². The van der Waals surface area contributed by atoms with Crippen molar-refractivity contribution in [3.8, 4) is 0 Å². The predicted molar refractivity (Wildman–Crippen MR) is 81.5 cm³/mol. The molecule has 21 heavy (non-hydrogen) atoms. The first kappa shape index (κ1) is 14.7. The number of anilines is 1. The van der Waals surface area contributed by atoms with E-state index in [0.717, 1.165) is 24.5 Å². The molecule has 1 saturated carbocycles. The van der Waals surface area contributed by atoms with E-state index in [1.807, 2.05) is 7.05 Å². The standard InChI is InChI=1S/C16H25N3O2/c1-17-14-11-13(12-5-3-4-6-12)18-15(19-14)16(20-2)7-9-21-10-8-16/h11-12H,3-10H2,1-2H3,(H,17,18,19). The van der Waals surface area contributed by atoms with Crippen LogP contribution in [0.3, 0.4) is 0 Å². The average molecular weight is 291 g/mol. The number of methoxy groups -OCH3 is 1. The van der Waals surface area contributed by atoms with Crippen molar-refractivity contribution in [3.05, 3.63) is 17.6 Å². The van der Waals surface area contributed by atoms with E-state index in [1.54, 1.807) is 7.11 Å². The Bertz CT molecular complexity index is 480. The zero-order valence-electron chi connectivity index (χ0n) is 13.0. The first-order valence-electron chi connectivity index (χ1n) is 7.97. The SMILES string of the molecule is CNc1cc(C2CCCC2)nc(C2(OC)CCOCC2)n1. The Morgan fingerprint density at radius 2 is 1.95 bits per heavy atom. The first-order valence-corrected chi connectivity index (χ1v) is 7.97. The Morgan fingerprint density at radius 1 is 1.24 bits per heavy atom. The number of rotatable bonds is 4. The van der Waals surface area contributed by atoms with Gasteiger partial charge in [-0.15, -0.1) is 0 Å². The second kappa shape index (κ2) is 6.28. The van der Waals surface area contributed by atoms with Gasteiger partial charge < -0.3 is 14.8 Å². The summed E-state index contributed by atoms with van der Waals surface area (Å²) >= 11 is 0. The van der Waals surface area contributed by atoms with E-state index < -0.39 is 5.60 Å². The lowest BCUT2D eigenvalue weighted by Gasteiger charge is -2.34. The first-order chi connectivity index (χ1) is 10.3. The van der Waals surface area contributed by atoms with Gasteiger partial charge in [0.2, 0.25) is 0 Å². The monoisotopic (exact) mass is 291 g/mol. The van der Waals surface area contributed by atoms with Crippen LogP contribution in [0.1, 0.15) is 56.0 Å². The molecule has 1 aliphatic carbocycles. The van der Waals surface area contributed by atoms with Crippen LogP contribution in [0.15, 0.2) is 6.07 Å². The second-order valence-electron chi connectivity index (χ2n) is 6.04. The Hall–Kier alpha value is -1.20. The molecule has 1 aliphatic heterocycles. The van der Waals surface area contributed by atoms with Crippen LogP contribution in [0.4, 0.5) is 5.82 Å². The van der Waals surface area contributed by atoms with Crippen molar-refractivity contribution in [1.29, 1.82) is 0 Å². The van der Waals surface area contributed by atoms with Gasteiger partial charge in [0, 0.05) is 57.9 Å². The zero-order chi connectivity index (χ0) is 14.7. The lowest BCUT2D eigenvalue weighted by molar-refractivity contribution is -0.100. The van der Waals surface area contributed by atoms with Crippen molar-refractivity contribution < 1.29 is 9.47 Å². The summed E-state index contributed by atoms with van der Waals surface area (Å²) in [5, 5.41) is 3.17. The van der Waals surface area contributed by atoms with E-state index in [1.165, 1.54) is 31.4 Å². The van der Waals surface area contributed by atoms with Crippen LogP contribution in [0.5, 0.6) is 0 Å². The molecule has 0 radical (unpaired) electrons. The summed E-state index contributed by atoms with van der Waals surface area (Å²) in [5.41, 5.74) is 0.781. The Labute approximate surface area is 126 Å². The van der Waals surface area contributed by atoms with Crippen LogP contribution >= 0.6 is 0 Å². The minimum absolute atomic E-state index is 0.390. The second-order valence-corrected chi connectivity index (χ2v) is 6.04. The molecular weight excluding hydrogens is 266 g/mol. The van der Waals surface area contributed by atoms with Gasteiger partial charge in [-0.25, -0.2) is 9.97 Å². The highest BCUT2D eigenvalue weighted by molar-refractivity contribution is 5.37. The van der Waals surface area contributed by atoms with Crippen molar-refractivity contribution in [3.63, 3.8) is 0 Å². The lowest BCUT2D eigenvalue weighted by Crippen LogP contribution is -2.37. The summed E-state index contributed by atoms with van der Waals surface area (Å²) < 4.78 is 11.3. The van der Waals surface area contributed by atoms with E-state index in [4.69, 9.17) is 14.5 Å². The Balaban J connectivity index is 1.97. The van der Waals surface area contributed by atoms with Gasteiger partial charge in [0.1, 0.15) is 11.4 Å². The van der Waals surface area contributed by atoms with E-state index in [-0.39, 0.29) is 0 Å². The van der Waals surface area contributed by atoms with Crippen molar-refractivity contribution in [2.45, 2.75) is 50.0 Å². The van der Waals surface area contributed by atoms with Gasteiger partial charge in [-0.1, -0.05) is 12.8 Å². The summed E-state index contributed by atoms with van der Waals surface area (Å²) in [6.45, 7) is 1.42. The zero-order valence-corrected chi connectivity index (χ0v) is 13.0. The molecule has 2 heterocycles. The molecule has 1 aromatic heterocycles. The number of aromatic nitrogens is 2. The minimum atomic E-state index is -0.390. The molecule has 116 valence electrons. The van der Waals surface area contributed by atoms with Crippen LogP contribution in [-0.2, 0) is 15.1 Å². The van der Waals surface area contributed by atoms with Crippen molar-refractivity contribution >= 4 is 5.82 Å². The number of hydrogen-bond donors (Lipinski definition) is 1. The summed E-state index contributed by atoms with van der Waals surface area (Å²) in [7, 11) is 3.67. The van der Waals surface area contributed by atoms with Crippen molar-refractivity contribution in [2.24, 2.45) is 0 Å². The molecule has 3 rings (SSSR count). The van der Waals surface area contributed by atoms with Crippen LogP contribution in [0.2, 0.25) is 0 Å². The van der Waals surface area contributed by atoms with E-state index >= 15 is 0 Å². The quantitative estimate of drug-likeness (QED) is 0.924. The number of nitrogens with zero attached hydrogens (tertiary/aromatic N) is 2. The van der Waals surface area contributed by atoms with Crippen molar-refractivity contribution in [2.75, 3.05) is 32.7 Å². The molecule has 0 atom stereocenters. The van der Waals surface area contributed by atoms with Crippen LogP contribution in [-0.4, -0.2) is 37.3 Å². The molecule has 0 bridgehead atoms. The smallest absolute Gasteiger partial charge is 0.163 e. The lowest BCUT2D eigenvalue weighted by atomic mass is 9.92. The molecule has 0 unspecified atom stereocenters. The minimum Gasteiger partial charge on any atom is -0.381 e. The van der Waals surface area contributed by atoms with Gasteiger partial charge in [-0.05, 0) is 12.8 Å². The van der Waals surface area contributed by atoms with Gasteiger partial charge in [-0.3, -0.25) is 0 Å². The molecule has 2 fully saturated rings. The molecule has 2 aliphatic rings. The highest BCUT2D eigenvalue weighted by atomic mass is 16.5. The highest BCUT2D eigenvalue weighted by Gasteiger charge is 2.38. The number of hydrogen-bond acceptors (Lipinski definition) is 5. The Morgan fingerprint density at radius 3 is 2.57 bits per heavy atom. The molecular formula is C16H25N3O2. The number of nitrogens with one attached hydrogen (secondary N) is 1. The molecule has 1 aromatic rings.